The van der Waals surface area contributed by atoms with Gasteiger partial charge in [-0.1, -0.05) is 11.6 Å². The largest absolute Gasteiger partial charge is 0.460 e. The standard InChI is InChI=1S/C20H13ClN4O2/c1-10-2-3-17(27-10)19-13(8-14-16(26)4-5-22-20(14)24-19)11-6-12-9-23-25-18(12)15(21)7-11/h2-9H,1H3,(H,23,25)(H,22,24,26). The number of fused-ring (bicyclic) bond motifs is 2. The molecule has 5 aromatic rings. The Morgan fingerprint density at radius 3 is 2.85 bits per heavy atom. The highest BCUT2D eigenvalue weighted by Gasteiger charge is 2.17. The molecule has 0 aliphatic heterocycles. The molecule has 5 rings (SSSR count). The number of nitrogens with one attached hydrogen (secondary N) is 2. The Balaban J connectivity index is 1.88. The van der Waals surface area contributed by atoms with E-state index >= 15 is 0 Å². The molecule has 0 fully saturated rings. The van der Waals surface area contributed by atoms with Crippen molar-refractivity contribution in [3.8, 4) is 22.6 Å². The van der Waals surface area contributed by atoms with Crippen LogP contribution in [0.5, 0.6) is 0 Å². The van der Waals surface area contributed by atoms with Gasteiger partial charge >= 0.3 is 0 Å². The maximum atomic E-state index is 12.3. The molecule has 0 aliphatic carbocycles. The van der Waals surface area contributed by atoms with Crippen LogP contribution in [-0.2, 0) is 0 Å². The van der Waals surface area contributed by atoms with Gasteiger partial charge in [0.25, 0.3) is 0 Å². The molecule has 4 aromatic heterocycles. The molecule has 1 aromatic carbocycles. The second-order valence-electron chi connectivity index (χ2n) is 6.33. The lowest BCUT2D eigenvalue weighted by Gasteiger charge is -2.10. The molecule has 0 saturated carbocycles. The Morgan fingerprint density at radius 2 is 2.04 bits per heavy atom. The van der Waals surface area contributed by atoms with E-state index in [1.165, 1.54) is 6.07 Å². The fourth-order valence-corrected chi connectivity index (χ4v) is 3.51. The van der Waals surface area contributed by atoms with E-state index in [-0.39, 0.29) is 5.43 Å². The number of furan rings is 1. The van der Waals surface area contributed by atoms with Crippen molar-refractivity contribution >= 4 is 33.5 Å². The lowest BCUT2D eigenvalue weighted by molar-refractivity contribution is 0.547. The third kappa shape index (κ3) is 2.53. The second-order valence-corrected chi connectivity index (χ2v) is 6.73. The summed E-state index contributed by atoms with van der Waals surface area (Å²) in [5, 5.41) is 8.85. The number of aryl methyl sites for hydroxylation is 1. The highest BCUT2D eigenvalue weighted by atomic mass is 35.5. The van der Waals surface area contributed by atoms with Gasteiger partial charge in [-0.3, -0.25) is 9.89 Å². The smallest absolute Gasteiger partial charge is 0.191 e. The lowest BCUT2D eigenvalue weighted by Crippen LogP contribution is -2.03. The summed E-state index contributed by atoms with van der Waals surface area (Å²) in [5.41, 5.74) is 3.40. The van der Waals surface area contributed by atoms with Gasteiger partial charge in [-0.2, -0.15) is 5.10 Å². The van der Waals surface area contributed by atoms with Gasteiger partial charge in [0.05, 0.1) is 22.1 Å². The Hall–Kier alpha value is -3.38. The van der Waals surface area contributed by atoms with Crippen molar-refractivity contribution in [2.75, 3.05) is 0 Å². The van der Waals surface area contributed by atoms with Crippen LogP contribution >= 0.6 is 11.6 Å². The molecule has 0 saturated heterocycles. The van der Waals surface area contributed by atoms with E-state index in [4.69, 9.17) is 16.0 Å². The Morgan fingerprint density at radius 1 is 1.15 bits per heavy atom. The zero-order valence-corrected chi connectivity index (χ0v) is 15.0. The summed E-state index contributed by atoms with van der Waals surface area (Å²) in [6.07, 6.45) is 3.30. The van der Waals surface area contributed by atoms with E-state index in [1.807, 2.05) is 37.3 Å². The van der Waals surface area contributed by atoms with Gasteiger partial charge in [-0.05, 0) is 42.8 Å². The third-order valence-electron chi connectivity index (χ3n) is 4.53. The average Bonchev–Trinajstić information content (AvgIpc) is 3.30. The lowest BCUT2D eigenvalue weighted by atomic mass is 10.00. The van der Waals surface area contributed by atoms with Crippen molar-refractivity contribution in [1.29, 1.82) is 0 Å². The topological polar surface area (TPSA) is 87.6 Å². The summed E-state index contributed by atoms with van der Waals surface area (Å²) >= 11 is 6.42. The van der Waals surface area contributed by atoms with E-state index in [0.717, 1.165) is 27.8 Å². The van der Waals surface area contributed by atoms with Crippen LogP contribution in [-0.4, -0.2) is 20.2 Å². The molecular weight excluding hydrogens is 364 g/mol. The summed E-state index contributed by atoms with van der Waals surface area (Å²) in [6, 6.07) is 10.9. The molecule has 0 aliphatic rings. The van der Waals surface area contributed by atoms with Crippen molar-refractivity contribution < 1.29 is 4.42 Å². The van der Waals surface area contributed by atoms with E-state index in [2.05, 4.69) is 20.2 Å². The van der Waals surface area contributed by atoms with Crippen molar-refractivity contribution in [3.63, 3.8) is 0 Å². The van der Waals surface area contributed by atoms with Crippen molar-refractivity contribution in [2.45, 2.75) is 6.92 Å². The predicted molar refractivity (Wildman–Crippen MR) is 105 cm³/mol. The minimum Gasteiger partial charge on any atom is -0.460 e. The monoisotopic (exact) mass is 376 g/mol. The number of benzene rings is 1. The van der Waals surface area contributed by atoms with Crippen molar-refractivity contribution in [2.24, 2.45) is 0 Å². The number of halogens is 1. The zero-order chi connectivity index (χ0) is 18.5. The SMILES string of the molecule is Cc1ccc(-c2nc3[nH]ccc(=O)c3cc2-c2cc(Cl)c3[nH]ncc3c2)o1. The van der Waals surface area contributed by atoms with Crippen LogP contribution in [0.25, 0.3) is 44.5 Å². The highest BCUT2D eigenvalue weighted by molar-refractivity contribution is 6.35. The number of aromatic amines is 2. The maximum Gasteiger partial charge on any atom is 0.191 e. The van der Waals surface area contributed by atoms with Crippen LogP contribution in [0.2, 0.25) is 5.02 Å². The highest BCUT2D eigenvalue weighted by Crippen LogP contribution is 2.36. The number of pyridine rings is 2. The summed E-state index contributed by atoms with van der Waals surface area (Å²) in [7, 11) is 0. The van der Waals surface area contributed by atoms with Gasteiger partial charge in [0.15, 0.2) is 11.2 Å². The molecule has 0 bridgehead atoms. The molecule has 0 amide bonds. The van der Waals surface area contributed by atoms with E-state index in [0.29, 0.717) is 27.5 Å². The molecule has 7 heteroatoms. The van der Waals surface area contributed by atoms with Crippen molar-refractivity contribution in [1.82, 2.24) is 20.2 Å². The zero-order valence-electron chi connectivity index (χ0n) is 14.2. The van der Waals surface area contributed by atoms with Gasteiger partial charge < -0.3 is 9.40 Å². The molecule has 0 atom stereocenters. The summed E-state index contributed by atoms with van der Waals surface area (Å²) in [6.45, 7) is 1.88. The number of hydrogen-bond donors (Lipinski definition) is 2. The quantitative estimate of drug-likeness (QED) is 0.468. The fourth-order valence-electron chi connectivity index (χ4n) is 3.24. The maximum absolute atomic E-state index is 12.3. The first-order valence-electron chi connectivity index (χ1n) is 8.32. The van der Waals surface area contributed by atoms with Gasteiger partial charge in [0.1, 0.15) is 17.1 Å². The normalized spacial score (nSPS) is 11.5. The second kappa shape index (κ2) is 5.82. The number of hydrogen-bond acceptors (Lipinski definition) is 4. The number of aromatic nitrogens is 4. The molecule has 6 nitrogen and oxygen atoms in total. The van der Waals surface area contributed by atoms with Crippen LogP contribution < -0.4 is 5.43 Å². The minimum absolute atomic E-state index is 0.102. The van der Waals surface area contributed by atoms with Crippen LogP contribution in [0.1, 0.15) is 5.76 Å². The number of rotatable bonds is 2. The Bertz CT molecular complexity index is 1380. The molecule has 132 valence electrons. The van der Waals surface area contributed by atoms with Gasteiger partial charge in [-0.15, -0.1) is 0 Å². The summed E-state index contributed by atoms with van der Waals surface area (Å²) in [5.74, 6) is 1.40. The van der Waals surface area contributed by atoms with Gasteiger partial charge in [0, 0.05) is 23.2 Å². The number of nitrogens with zero attached hydrogens (tertiary/aromatic N) is 2. The van der Waals surface area contributed by atoms with E-state index < -0.39 is 0 Å². The predicted octanol–water partition coefficient (Wildman–Crippen LogP) is 4.69. The van der Waals surface area contributed by atoms with Gasteiger partial charge in [-0.25, -0.2) is 4.98 Å². The van der Waals surface area contributed by atoms with E-state index in [1.54, 1.807) is 12.4 Å². The third-order valence-corrected chi connectivity index (χ3v) is 4.83. The first kappa shape index (κ1) is 15.8. The fraction of sp³-hybridized carbons (Fsp3) is 0.0500. The van der Waals surface area contributed by atoms with Crippen molar-refractivity contribution in [3.05, 3.63) is 69.8 Å². The number of H-pyrrole nitrogens is 2. The molecule has 2 N–H and O–H groups in total. The molecule has 0 radical (unpaired) electrons. The van der Waals surface area contributed by atoms with Gasteiger partial charge in [0.2, 0.25) is 0 Å². The molecule has 0 unspecified atom stereocenters. The van der Waals surface area contributed by atoms with Crippen LogP contribution in [0, 0.1) is 6.92 Å². The first-order chi connectivity index (χ1) is 13.1. The Kier molecular flexibility index (Phi) is 3.42. The minimum atomic E-state index is -0.102. The summed E-state index contributed by atoms with van der Waals surface area (Å²) < 4.78 is 5.81. The Labute approximate surface area is 157 Å². The average molecular weight is 377 g/mol. The molecular formula is C20H13ClN4O2. The molecule has 27 heavy (non-hydrogen) atoms. The first-order valence-corrected chi connectivity index (χ1v) is 8.70. The molecule has 4 heterocycles. The van der Waals surface area contributed by atoms with Crippen LogP contribution in [0.4, 0.5) is 0 Å². The van der Waals surface area contributed by atoms with E-state index in [9.17, 15) is 4.79 Å². The van der Waals surface area contributed by atoms with Crippen LogP contribution in [0.3, 0.4) is 0 Å². The molecule has 0 spiro atoms. The summed E-state index contributed by atoms with van der Waals surface area (Å²) in [4.78, 5) is 20.0. The van der Waals surface area contributed by atoms with Crippen LogP contribution in [0.15, 0.2) is 58.0 Å².